The van der Waals surface area contributed by atoms with E-state index in [1.165, 1.54) is 18.0 Å². The van der Waals surface area contributed by atoms with E-state index in [4.69, 9.17) is 10.5 Å². The summed E-state index contributed by atoms with van der Waals surface area (Å²) in [6.07, 6.45) is 2.10. The summed E-state index contributed by atoms with van der Waals surface area (Å²) >= 11 is 0. The lowest BCUT2D eigenvalue weighted by molar-refractivity contribution is 0.204. The number of anilines is 1. The number of rotatable bonds is 7. The van der Waals surface area contributed by atoms with Gasteiger partial charge in [-0.25, -0.2) is 17.8 Å². The maximum atomic E-state index is 12.0. The Balaban J connectivity index is 2.93. The number of nitrogen functional groups attached to an aromatic ring is 1. The van der Waals surface area contributed by atoms with Gasteiger partial charge in [0.2, 0.25) is 10.0 Å². The predicted octanol–water partition coefficient (Wildman–Crippen LogP) is 0.361. The van der Waals surface area contributed by atoms with E-state index in [2.05, 4.69) is 9.82 Å². The van der Waals surface area contributed by atoms with Crippen molar-refractivity contribution in [2.75, 3.05) is 26.0 Å². The first kappa shape index (κ1) is 14.9. The molecule has 0 bridgehead atoms. The molecule has 0 saturated heterocycles. The van der Waals surface area contributed by atoms with Gasteiger partial charge in [0.05, 0.1) is 18.8 Å². The first-order valence-corrected chi connectivity index (χ1v) is 7.24. The molecule has 0 fully saturated rings. The minimum atomic E-state index is -3.62. The van der Waals surface area contributed by atoms with E-state index in [-0.39, 0.29) is 23.3 Å². The standard InChI is InChI=1S/C10H20N4O3S/c1-4-8(2)14-10(11)9(7-12-14)18(15,16)13-5-6-17-3/h7-8,13H,4-6,11H2,1-3H3. The second-order valence-electron chi connectivity index (χ2n) is 3.99. The number of hydrogen-bond donors (Lipinski definition) is 2. The van der Waals surface area contributed by atoms with Crippen LogP contribution in [0.15, 0.2) is 11.1 Å². The van der Waals surface area contributed by atoms with E-state index in [0.29, 0.717) is 6.61 Å². The molecule has 1 aromatic heterocycles. The van der Waals surface area contributed by atoms with Crippen molar-refractivity contribution in [1.82, 2.24) is 14.5 Å². The summed E-state index contributed by atoms with van der Waals surface area (Å²) in [4.78, 5) is 0.0129. The molecule has 1 unspecified atom stereocenters. The topological polar surface area (TPSA) is 99.2 Å². The molecule has 7 nitrogen and oxygen atoms in total. The van der Waals surface area contributed by atoms with Crippen LogP contribution in [0.25, 0.3) is 0 Å². The molecule has 0 amide bonds. The largest absolute Gasteiger partial charge is 0.383 e. The lowest BCUT2D eigenvalue weighted by Crippen LogP contribution is -2.27. The molecule has 1 heterocycles. The van der Waals surface area contributed by atoms with Crippen LogP contribution in [0.5, 0.6) is 0 Å². The number of sulfonamides is 1. The fraction of sp³-hybridized carbons (Fsp3) is 0.700. The predicted molar refractivity (Wildman–Crippen MR) is 68.7 cm³/mol. The van der Waals surface area contributed by atoms with Crippen molar-refractivity contribution >= 4 is 15.8 Å². The van der Waals surface area contributed by atoms with E-state index < -0.39 is 10.0 Å². The molecule has 8 heteroatoms. The Kier molecular flexibility index (Phi) is 5.12. The quantitative estimate of drug-likeness (QED) is 0.701. The zero-order valence-corrected chi connectivity index (χ0v) is 11.7. The molecule has 18 heavy (non-hydrogen) atoms. The van der Waals surface area contributed by atoms with E-state index in [0.717, 1.165) is 6.42 Å². The first-order valence-electron chi connectivity index (χ1n) is 5.75. The van der Waals surface area contributed by atoms with Crippen LogP contribution < -0.4 is 10.5 Å². The van der Waals surface area contributed by atoms with Crippen molar-refractivity contribution in [3.63, 3.8) is 0 Å². The maximum absolute atomic E-state index is 12.0. The Morgan fingerprint density at radius 1 is 1.61 bits per heavy atom. The number of ether oxygens (including phenoxy) is 1. The molecule has 0 radical (unpaired) electrons. The van der Waals surface area contributed by atoms with Crippen LogP contribution in [0, 0.1) is 0 Å². The molecule has 0 aliphatic heterocycles. The number of nitrogens with zero attached hydrogens (tertiary/aromatic N) is 2. The molecule has 1 aromatic rings. The second-order valence-corrected chi connectivity index (χ2v) is 5.72. The van der Waals surface area contributed by atoms with Gasteiger partial charge >= 0.3 is 0 Å². The van der Waals surface area contributed by atoms with Gasteiger partial charge < -0.3 is 10.5 Å². The SMILES string of the molecule is CCC(C)n1ncc(S(=O)(=O)NCCOC)c1N. The molecule has 3 N–H and O–H groups in total. The zero-order valence-electron chi connectivity index (χ0n) is 10.9. The minimum Gasteiger partial charge on any atom is -0.383 e. The molecule has 1 rings (SSSR count). The van der Waals surface area contributed by atoms with Gasteiger partial charge in [-0.15, -0.1) is 0 Å². The minimum absolute atomic E-state index is 0.0129. The number of hydrogen-bond acceptors (Lipinski definition) is 5. The lowest BCUT2D eigenvalue weighted by Gasteiger charge is -2.11. The highest BCUT2D eigenvalue weighted by atomic mass is 32.2. The number of methoxy groups -OCH3 is 1. The fourth-order valence-electron chi connectivity index (χ4n) is 1.44. The van der Waals surface area contributed by atoms with Crippen molar-refractivity contribution in [3.05, 3.63) is 6.20 Å². The molecular weight excluding hydrogens is 256 g/mol. The van der Waals surface area contributed by atoms with Gasteiger partial charge in [-0.1, -0.05) is 6.92 Å². The van der Waals surface area contributed by atoms with Gasteiger partial charge in [0.15, 0.2) is 0 Å². The third-order valence-corrected chi connectivity index (χ3v) is 4.17. The molecule has 0 spiro atoms. The van der Waals surface area contributed by atoms with Crippen molar-refractivity contribution in [2.45, 2.75) is 31.2 Å². The monoisotopic (exact) mass is 276 g/mol. The Morgan fingerprint density at radius 3 is 2.83 bits per heavy atom. The summed E-state index contributed by atoms with van der Waals surface area (Å²) in [6, 6.07) is 0.0629. The molecular formula is C10H20N4O3S. The average Bonchev–Trinajstić information content (AvgIpc) is 2.71. The van der Waals surface area contributed by atoms with Gasteiger partial charge in [0, 0.05) is 13.7 Å². The van der Waals surface area contributed by atoms with Crippen molar-refractivity contribution in [2.24, 2.45) is 0 Å². The zero-order chi connectivity index (χ0) is 13.8. The van der Waals surface area contributed by atoms with Crippen LogP contribution in [0.2, 0.25) is 0 Å². The van der Waals surface area contributed by atoms with Crippen LogP contribution >= 0.6 is 0 Å². The van der Waals surface area contributed by atoms with E-state index in [1.807, 2.05) is 13.8 Å². The summed E-state index contributed by atoms with van der Waals surface area (Å²) in [5, 5.41) is 4.02. The first-order chi connectivity index (χ1) is 8.44. The number of aromatic nitrogens is 2. The summed E-state index contributed by atoms with van der Waals surface area (Å²) in [7, 11) is -2.12. The average molecular weight is 276 g/mol. The summed E-state index contributed by atoms with van der Waals surface area (Å²) in [5.41, 5.74) is 5.82. The third-order valence-electron chi connectivity index (χ3n) is 2.69. The number of nitrogens with one attached hydrogen (secondary N) is 1. The van der Waals surface area contributed by atoms with Gasteiger partial charge in [0.1, 0.15) is 10.7 Å². The van der Waals surface area contributed by atoms with Crippen LogP contribution in [0.4, 0.5) is 5.82 Å². The van der Waals surface area contributed by atoms with Gasteiger partial charge in [-0.3, -0.25) is 0 Å². The van der Waals surface area contributed by atoms with Crippen LogP contribution in [0.1, 0.15) is 26.3 Å². The Hall–Kier alpha value is -1.12. The van der Waals surface area contributed by atoms with Gasteiger partial charge in [0.25, 0.3) is 0 Å². The highest BCUT2D eigenvalue weighted by Gasteiger charge is 2.22. The Bertz CT molecular complexity index is 483. The second kappa shape index (κ2) is 6.17. The van der Waals surface area contributed by atoms with Gasteiger partial charge in [-0.05, 0) is 13.3 Å². The molecule has 104 valence electrons. The fourth-order valence-corrected chi connectivity index (χ4v) is 2.51. The van der Waals surface area contributed by atoms with Crippen molar-refractivity contribution in [3.8, 4) is 0 Å². The highest BCUT2D eigenvalue weighted by molar-refractivity contribution is 7.89. The molecule has 0 saturated carbocycles. The lowest BCUT2D eigenvalue weighted by atomic mass is 10.3. The maximum Gasteiger partial charge on any atom is 0.245 e. The smallest absolute Gasteiger partial charge is 0.245 e. The summed E-state index contributed by atoms with van der Waals surface area (Å²) in [6.45, 7) is 4.42. The molecule has 0 aromatic carbocycles. The van der Waals surface area contributed by atoms with Crippen molar-refractivity contribution < 1.29 is 13.2 Å². The molecule has 1 atom stereocenters. The van der Waals surface area contributed by atoms with Crippen LogP contribution in [0.3, 0.4) is 0 Å². The normalized spacial score (nSPS) is 13.7. The third kappa shape index (κ3) is 3.21. The van der Waals surface area contributed by atoms with Gasteiger partial charge in [-0.2, -0.15) is 5.10 Å². The highest BCUT2D eigenvalue weighted by Crippen LogP contribution is 2.22. The summed E-state index contributed by atoms with van der Waals surface area (Å²) < 4.78 is 32.6. The Morgan fingerprint density at radius 2 is 2.28 bits per heavy atom. The molecule has 0 aliphatic carbocycles. The van der Waals surface area contributed by atoms with Crippen molar-refractivity contribution in [1.29, 1.82) is 0 Å². The molecule has 0 aliphatic rings. The van der Waals surface area contributed by atoms with E-state index in [9.17, 15) is 8.42 Å². The van der Waals surface area contributed by atoms with E-state index in [1.54, 1.807) is 0 Å². The van der Waals surface area contributed by atoms with Crippen LogP contribution in [-0.4, -0.2) is 38.5 Å². The Labute approximate surface area is 107 Å². The van der Waals surface area contributed by atoms with Crippen LogP contribution in [-0.2, 0) is 14.8 Å². The summed E-state index contributed by atoms with van der Waals surface area (Å²) in [5.74, 6) is 0.161. The number of nitrogens with two attached hydrogens (primary N) is 1. The van der Waals surface area contributed by atoms with E-state index >= 15 is 0 Å².